The Morgan fingerprint density at radius 1 is 1.10 bits per heavy atom. The minimum atomic E-state index is -1.27. The van der Waals surface area contributed by atoms with E-state index in [-0.39, 0.29) is 6.61 Å². The van der Waals surface area contributed by atoms with Crippen molar-refractivity contribution in [3.63, 3.8) is 0 Å². The van der Waals surface area contributed by atoms with E-state index in [4.69, 9.17) is 24.5 Å². The number of aliphatic hydroxyl groups excluding tert-OH is 1. The predicted molar refractivity (Wildman–Crippen MR) is 99.5 cm³/mol. The summed E-state index contributed by atoms with van der Waals surface area (Å²) in [6.07, 6.45) is -4.70. The molecule has 1 N–H and O–H groups in total. The molecule has 4 rings (SSSR count). The fraction of sp³-hybridized carbons (Fsp3) is 0.350. The van der Waals surface area contributed by atoms with Gasteiger partial charge in [-0.1, -0.05) is 53.6 Å². The smallest absolute Gasteiger partial charge is 0.340 e. The first kappa shape index (κ1) is 19.4. The summed E-state index contributed by atoms with van der Waals surface area (Å²) in [5.41, 5.74) is 10.0. The third kappa shape index (κ3) is 4.09. The SMILES string of the molecule is [N-]=[N+]=N[C@H]1[C@H](OC(=O)c2ccccc2)O[C@@H]2COC(c3ccccc3)O[C@H]2[C@@H]1O. The van der Waals surface area contributed by atoms with E-state index in [0.717, 1.165) is 5.56 Å². The molecule has 0 radical (unpaired) electrons. The summed E-state index contributed by atoms with van der Waals surface area (Å²) >= 11 is 0. The molecular weight excluding hydrogens is 378 g/mol. The molecule has 150 valence electrons. The molecule has 2 heterocycles. The largest absolute Gasteiger partial charge is 0.432 e. The maximum absolute atomic E-state index is 12.4. The van der Waals surface area contributed by atoms with E-state index >= 15 is 0 Å². The lowest BCUT2D eigenvalue weighted by molar-refractivity contribution is -0.334. The minimum Gasteiger partial charge on any atom is -0.432 e. The molecule has 9 heteroatoms. The second-order valence-corrected chi connectivity index (χ2v) is 6.68. The Morgan fingerprint density at radius 2 is 1.79 bits per heavy atom. The number of rotatable bonds is 4. The Bertz CT molecular complexity index is 890. The molecule has 0 aromatic heterocycles. The van der Waals surface area contributed by atoms with Gasteiger partial charge >= 0.3 is 5.97 Å². The van der Waals surface area contributed by atoms with Gasteiger partial charge in [-0.25, -0.2) is 4.79 Å². The summed E-state index contributed by atoms with van der Waals surface area (Å²) in [5.74, 6) is -0.654. The summed E-state index contributed by atoms with van der Waals surface area (Å²) in [6.45, 7) is 0.115. The number of benzene rings is 2. The van der Waals surface area contributed by atoms with Gasteiger partial charge in [0.2, 0.25) is 6.29 Å². The first-order chi connectivity index (χ1) is 14.2. The fourth-order valence-electron chi connectivity index (χ4n) is 3.38. The highest BCUT2D eigenvalue weighted by Gasteiger charge is 2.50. The number of ether oxygens (including phenoxy) is 4. The van der Waals surface area contributed by atoms with Crippen molar-refractivity contribution in [3.8, 4) is 0 Å². The van der Waals surface area contributed by atoms with Crippen molar-refractivity contribution in [3.05, 3.63) is 82.2 Å². The van der Waals surface area contributed by atoms with Crippen LogP contribution in [0.15, 0.2) is 65.8 Å². The number of aliphatic hydroxyl groups is 1. The molecule has 0 aliphatic carbocycles. The van der Waals surface area contributed by atoms with Crippen LogP contribution < -0.4 is 0 Å². The highest BCUT2D eigenvalue weighted by Crippen LogP contribution is 2.35. The molecule has 0 bridgehead atoms. The van der Waals surface area contributed by atoms with Gasteiger partial charge in [0.1, 0.15) is 18.2 Å². The third-order valence-electron chi connectivity index (χ3n) is 4.82. The van der Waals surface area contributed by atoms with Crippen molar-refractivity contribution in [2.45, 2.75) is 36.9 Å². The number of carbonyl (C=O) groups excluding carboxylic acids is 1. The molecular formula is C20H19N3O6. The van der Waals surface area contributed by atoms with Crippen LogP contribution >= 0.6 is 0 Å². The molecule has 2 aliphatic rings. The average molecular weight is 397 g/mol. The molecule has 2 saturated heterocycles. The molecule has 0 amide bonds. The van der Waals surface area contributed by atoms with E-state index in [1.54, 1.807) is 30.3 Å². The van der Waals surface area contributed by atoms with Crippen LogP contribution in [0.5, 0.6) is 0 Å². The second-order valence-electron chi connectivity index (χ2n) is 6.68. The van der Waals surface area contributed by atoms with Crippen molar-refractivity contribution >= 4 is 5.97 Å². The molecule has 2 aromatic rings. The van der Waals surface area contributed by atoms with Crippen LogP contribution in [-0.4, -0.2) is 48.3 Å². The van der Waals surface area contributed by atoms with Crippen molar-refractivity contribution < 1.29 is 28.8 Å². The Morgan fingerprint density at radius 3 is 2.48 bits per heavy atom. The van der Waals surface area contributed by atoms with E-state index in [2.05, 4.69) is 10.0 Å². The van der Waals surface area contributed by atoms with Crippen molar-refractivity contribution in [1.29, 1.82) is 0 Å². The van der Waals surface area contributed by atoms with Crippen LogP contribution in [-0.2, 0) is 18.9 Å². The summed E-state index contributed by atoms with van der Waals surface area (Å²) < 4.78 is 22.8. The van der Waals surface area contributed by atoms with E-state index in [9.17, 15) is 9.90 Å². The van der Waals surface area contributed by atoms with Gasteiger partial charge in [-0.3, -0.25) is 0 Å². The van der Waals surface area contributed by atoms with E-state index in [1.807, 2.05) is 30.3 Å². The lowest BCUT2D eigenvalue weighted by atomic mass is 9.96. The average Bonchev–Trinajstić information content (AvgIpc) is 2.77. The number of azide groups is 1. The molecule has 2 aromatic carbocycles. The lowest BCUT2D eigenvalue weighted by Crippen LogP contribution is -2.61. The molecule has 2 aliphatic heterocycles. The molecule has 9 nitrogen and oxygen atoms in total. The van der Waals surface area contributed by atoms with Crippen molar-refractivity contribution in [2.75, 3.05) is 6.61 Å². The molecule has 1 unspecified atom stereocenters. The Kier molecular flexibility index (Phi) is 5.75. The van der Waals surface area contributed by atoms with Crippen molar-refractivity contribution in [2.24, 2.45) is 5.11 Å². The number of fused-ring (bicyclic) bond motifs is 1. The van der Waals surface area contributed by atoms with E-state index in [0.29, 0.717) is 5.56 Å². The van der Waals surface area contributed by atoms with Gasteiger partial charge in [0.25, 0.3) is 0 Å². The highest BCUT2D eigenvalue weighted by atomic mass is 16.8. The van der Waals surface area contributed by atoms with E-state index in [1.165, 1.54) is 0 Å². The van der Waals surface area contributed by atoms with Gasteiger partial charge in [0.15, 0.2) is 6.29 Å². The van der Waals surface area contributed by atoms with Gasteiger partial charge in [-0.15, -0.1) is 0 Å². The van der Waals surface area contributed by atoms with Crippen LogP contribution in [0.25, 0.3) is 10.4 Å². The van der Waals surface area contributed by atoms with Gasteiger partial charge in [0, 0.05) is 10.5 Å². The maximum Gasteiger partial charge on any atom is 0.340 e. The number of nitrogens with zero attached hydrogens (tertiary/aromatic N) is 3. The number of carbonyl (C=O) groups is 1. The zero-order valence-electron chi connectivity index (χ0n) is 15.3. The van der Waals surface area contributed by atoms with Gasteiger partial charge in [-0.05, 0) is 17.7 Å². The molecule has 29 heavy (non-hydrogen) atoms. The standard InChI is InChI=1S/C20H19N3O6/c21-23-22-15-16(24)17-14(11-26-19(28-17)13-9-5-2-6-10-13)27-20(15)29-18(25)12-7-3-1-4-8-12/h1-10,14-17,19-20,24H,11H2/t14-,15-,16-,17-,19?,20+/m1/s1. The van der Waals surface area contributed by atoms with Crippen LogP contribution in [0.2, 0.25) is 0 Å². The van der Waals surface area contributed by atoms with Crippen molar-refractivity contribution in [1.82, 2.24) is 0 Å². The fourth-order valence-corrected chi connectivity index (χ4v) is 3.38. The zero-order chi connectivity index (χ0) is 20.2. The van der Waals surface area contributed by atoms with Crippen LogP contribution in [0.3, 0.4) is 0 Å². The molecule has 0 saturated carbocycles. The number of hydrogen-bond acceptors (Lipinski definition) is 7. The molecule has 2 fully saturated rings. The minimum absolute atomic E-state index is 0.115. The van der Waals surface area contributed by atoms with Crippen LogP contribution in [0, 0.1) is 0 Å². The summed E-state index contributed by atoms with van der Waals surface area (Å²) in [6, 6.07) is 16.4. The molecule has 6 atom stereocenters. The normalized spacial score (nSPS) is 31.2. The maximum atomic E-state index is 12.4. The summed E-state index contributed by atoms with van der Waals surface area (Å²) in [5, 5.41) is 14.4. The van der Waals surface area contributed by atoms with Gasteiger partial charge in [-0.2, -0.15) is 0 Å². The monoisotopic (exact) mass is 397 g/mol. The lowest BCUT2D eigenvalue weighted by Gasteiger charge is -2.46. The van der Waals surface area contributed by atoms with E-state index < -0.39 is 42.9 Å². The van der Waals surface area contributed by atoms with Crippen LogP contribution in [0.4, 0.5) is 0 Å². The number of hydrogen-bond donors (Lipinski definition) is 1. The van der Waals surface area contributed by atoms with Gasteiger partial charge < -0.3 is 24.1 Å². The Balaban J connectivity index is 1.51. The molecule has 0 spiro atoms. The summed E-state index contributed by atoms with van der Waals surface area (Å²) in [4.78, 5) is 15.1. The third-order valence-corrected chi connectivity index (χ3v) is 4.82. The summed E-state index contributed by atoms with van der Waals surface area (Å²) in [7, 11) is 0. The van der Waals surface area contributed by atoms with Crippen LogP contribution in [0.1, 0.15) is 22.2 Å². The topological polar surface area (TPSA) is 123 Å². The van der Waals surface area contributed by atoms with Gasteiger partial charge in [0.05, 0.1) is 18.3 Å². The highest BCUT2D eigenvalue weighted by molar-refractivity contribution is 5.89. The zero-order valence-corrected chi connectivity index (χ0v) is 15.3. The first-order valence-corrected chi connectivity index (χ1v) is 9.13. The quantitative estimate of drug-likeness (QED) is 0.366. The Labute approximate surface area is 166 Å². The Hall–Kier alpha value is -2.94. The number of esters is 1. The first-order valence-electron chi connectivity index (χ1n) is 9.13. The second kappa shape index (κ2) is 8.60. The predicted octanol–water partition coefficient (Wildman–Crippen LogP) is 2.72.